The van der Waals surface area contributed by atoms with Gasteiger partial charge in [0.25, 0.3) is 0 Å². The van der Waals surface area contributed by atoms with Crippen LogP contribution in [0.4, 0.5) is 0 Å². The Labute approximate surface area is 131 Å². The highest BCUT2D eigenvalue weighted by Gasteiger charge is 2.35. The lowest BCUT2D eigenvalue weighted by Crippen LogP contribution is -2.41. The van der Waals surface area contributed by atoms with Crippen LogP contribution in [-0.2, 0) is 16.6 Å². The van der Waals surface area contributed by atoms with Gasteiger partial charge < -0.3 is 5.11 Å². The van der Waals surface area contributed by atoms with Crippen LogP contribution in [0.5, 0.6) is 0 Å². The zero-order valence-electron chi connectivity index (χ0n) is 12.5. The van der Waals surface area contributed by atoms with Crippen molar-refractivity contribution in [2.45, 2.75) is 44.6 Å². The fourth-order valence-electron chi connectivity index (χ4n) is 2.60. The molecule has 118 valence electrons. The maximum atomic E-state index is 12.7. The van der Waals surface area contributed by atoms with Crippen LogP contribution >= 0.6 is 11.6 Å². The molecule has 2 rings (SSSR count). The molecule has 21 heavy (non-hydrogen) atoms. The molecular formula is C15H22ClNO3S. The van der Waals surface area contributed by atoms with Gasteiger partial charge in [-0.2, -0.15) is 4.31 Å². The third kappa shape index (κ3) is 3.42. The van der Waals surface area contributed by atoms with E-state index in [9.17, 15) is 13.5 Å². The highest BCUT2D eigenvalue weighted by molar-refractivity contribution is 7.89. The van der Waals surface area contributed by atoms with Gasteiger partial charge >= 0.3 is 0 Å². The van der Waals surface area contributed by atoms with Crippen molar-refractivity contribution in [3.05, 3.63) is 28.8 Å². The van der Waals surface area contributed by atoms with Crippen molar-refractivity contribution in [1.82, 2.24) is 4.31 Å². The summed E-state index contributed by atoms with van der Waals surface area (Å²) in [6.45, 7) is 5.19. The Morgan fingerprint density at radius 1 is 1.33 bits per heavy atom. The summed E-state index contributed by atoms with van der Waals surface area (Å²) in [6, 6.07) is 4.62. The van der Waals surface area contributed by atoms with Crippen molar-refractivity contribution >= 4 is 21.6 Å². The number of hydrogen-bond donors (Lipinski definition) is 1. The van der Waals surface area contributed by atoms with Gasteiger partial charge in [0, 0.05) is 13.1 Å². The molecule has 1 aliphatic heterocycles. The molecule has 0 unspecified atom stereocenters. The number of piperidine rings is 1. The molecule has 0 atom stereocenters. The van der Waals surface area contributed by atoms with Crippen molar-refractivity contribution in [3.8, 4) is 0 Å². The monoisotopic (exact) mass is 331 g/mol. The minimum absolute atomic E-state index is 0.0934. The zero-order valence-corrected chi connectivity index (χ0v) is 14.0. The van der Waals surface area contributed by atoms with Gasteiger partial charge in [-0.3, -0.25) is 0 Å². The van der Waals surface area contributed by atoms with E-state index in [1.807, 2.05) is 0 Å². The van der Waals surface area contributed by atoms with E-state index in [1.165, 1.54) is 16.4 Å². The van der Waals surface area contributed by atoms with Gasteiger partial charge in [-0.25, -0.2) is 8.42 Å². The molecule has 1 aromatic carbocycles. The van der Waals surface area contributed by atoms with Gasteiger partial charge in [0.05, 0.1) is 11.6 Å². The van der Waals surface area contributed by atoms with Gasteiger partial charge in [0.1, 0.15) is 4.90 Å². The normalized spacial score (nSPS) is 19.6. The number of nitrogens with zero attached hydrogens (tertiary/aromatic N) is 1. The molecule has 1 N–H and O–H groups in total. The first-order chi connectivity index (χ1) is 9.82. The molecule has 0 aromatic heterocycles. The van der Waals surface area contributed by atoms with Crippen LogP contribution in [-0.4, -0.2) is 30.9 Å². The maximum absolute atomic E-state index is 12.7. The van der Waals surface area contributed by atoms with Crippen molar-refractivity contribution < 1.29 is 13.5 Å². The first-order valence-electron chi connectivity index (χ1n) is 7.22. The van der Waals surface area contributed by atoms with Crippen LogP contribution in [0.2, 0.25) is 5.02 Å². The third-order valence-corrected chi connectivity index (χ3v) is 6.96. The lowest BCUT2D eigenvalue weighted by atomic mass is 9.79. The van der Waals surface area contributed by atoms with E-state index in [2.05, 4.69) is 13.8 Å². The summed E-state index contributed by atoms with van der Waals surface area (Å²) in [5, 5.41) is 9.38. The summed E-state index contributed by atoms with van der Waals surface area (Å²) in [7, 11) is -3.59. The second-order valence-electron chi connectivity index (χ2n) is 5.99. The summed E-state index contributed by atoms with van der Waals surface area (Å²) in [6.07, 6.45) is 2.78. The van der Waals surface area contributed by atoms with E-state index in [4.69, 9.17) is 11.6 Å². The molecule has 0 radical (unpaired) electrons. The van der Waals surface area contributed by atoms with E-state index in [0.717, 1.165) is 19.3 Å². The number of halogens is 1. The van der Waals surface area contributed by atoms with E-state index in [0.29, 0.717) is 18.7 Å². The van der Waals surface area contributed by atoms with Gasteiger partial charge in [-0.05, 0) is 36.0 Å². The first-order valence-corrected chi connectivity index (χ1v) is 9.04. The Hall–Kier alpha value is -0.620. The molecule has 0 spiro atoms. The van der Waals surface area contributed by atoms with Crippen LogP contribution in [0.3, 0.4) is 0 Å². The van der Waals surface area contributed by atoms with Crippen molar-refractivity contribution in [2.75, 3.05) is 13.1 Å². The first kappa shape index (κ1) is 16.7. The van der Waals surface area contributed by atoms with Crippen LogP contribution in [0.1, 0.15) is 38.7 Å². The van der Waals surface area contributed by atoms with Gasteiger partial charge in [-0.1, -0.05) is 37.9 Å². The molecule has 1 heterocycles. The lowest BCUT2D eigenvalue weighted by molar-refractivity contribution is 0.169. The average Bonchev–Trinajstić information content (AvgIpc) is 2.48. The third-order valence-electron chi connectivity index (χ3n) is 4.58. The van der Waals surface area contributed by atoms with Crippen LogP contribution in [0, 0.1) is 5.41 Å². The predicted molar refractivity (Wildman–Crippen MR) is 83.8 cm³/mol. The average molecular weight is 332 g/mol. The van der Waals surface area contributed by atoms with E-state index < -0.39 is 10.0 Å². The molecule has 6 heteroatoms. The quantitative estimate of drug-likeness (QED) is 0.922. The van der Waals surface area contributed by atoms with Crippen LogP contribution < -0.4 is 0 Å². The SMILES string of the molecule is CCC1(C)CCN(S(=O)(=O)c2cc(CO)ccc2Cl)CC1. The highest BCUT2D eigenvalue weighted by atomic mass is 35.5. The second-order valence-corrected chi connectivity index (χ2v) is 8.30. The molecule has 0 saturated carbocycles. The topological polar surface area (TPSA) is 57.6 Å². The molecule has 1 fully saturated rings. The van der Waals surface area contributed by atoms with Crippen molar-refractivity contribution in [2.24, 2.45) is 5.41 Å². The Bertz CT molecular complexity index is 607. The Balaban J connectivity index is 2.27. The minimum atomic E-state index is -3.59. The molecule has 4 nitrogen and oxygen atoms in total. The largest absolute Gasteiger partial charge is 0.392 e. The fraction of sp³-hybridized carbons (Fsp3) is 0.600. The molecule has 0 aliphatic carbocycles. The van der Waals surface area contributed by atoms with Crippen molar-refractivity contribution in [1.29, 1.82) is 0 Å². The number of hydrogen-bond acceptors (Lipinski definition) is 3. The van der Waals surface area contributed by atoms with E-state index in [1.54, 1.807) is 6.07 Å². The lowest BCUT2D eigenvalue weighted by Gasteiger charge is -2.38. The van der Waals surface area contributed by atoms with Gasteiger partial charge in [0.2, 0.25) is 10.0 Å². The molecule has 1 aliphatic rings. The summed E-state index contributed by atoms with van der Waals surface area (Å²) < 4.78 is 27.0. The number of aliphatic hydroxyl groups excluding tert-OH is 1. The van der Waals surface area contributed by atoms with E-state index in [-0.39, 0.29) is 21.9 Å². The fourth-order valence-corrected chi connectivity index (χ4v) is 4.57. The summed E-state index contributed by atoms with van der Waals surface area (Å²) in [5.74, 6) is 0. The number of sulfonamides is 1. The zero-order chi connectivity index (χ0) is 15.7. The standard InChI is InChI=1S/C15H22ClNO3S/c1-3-15(2)6-8-17(9-7-15)21(19,20)14-10-12(11-18)4-5-13(14)16/h4-5,10,18H,3,6-9,11H2,1-2H3. The minimum Gasteiger partial charge on any atom is -0.392 e. The highest BCUT2D eigenvalue weighted by Crippen LogP contribution is 2.36. The summed E-state index contributed by atoms with van der Waals surface area (Å²) in [4.78, 5) is 0.0934. The van der Waals surface area contributed by atoms with Gasteiger partial charge in [-0.15, -0.1) is 0 Å². The van der Waals surface area contributed by atoms with Crippen LogP contribution in [0.25, 0.3) is 0 Å². The van der Waals surface area contributed by atoms with Crippen LogP contribution in [0.15, 0.2) is 23.1 Å². The summed E-state index contributed by atoms with van der Waals surface area (Å²) in [5.41, 5.74) is 0.774. The maximum Gasteiger partial charge on any atom is 0.244 e. The molecule has 0 bridgehead atoms. The Kier molecular flexibility index (Phi) is 4.98. The molecule has 1 saturated heterocycles. The number of rotatable bonds is 4. The summed E-state index contributed by atoms with van der Waals surface area (Å²) >= 11 is 6.05. The number of aliphatic hydroxyl groups is 1. The Morgan fingerprint density at radius 3 is 2.48 bits per heavy atom. The smallest absolute Gasteiger partial charge is 0.244 e. The second kappa shape index (κ2) is 6.24. The van der Waals surface area contributed by atoms with Gasteiger partial charge in [0.15, 0.2) is 0 Å². The Morgan fingerprint density at radius 2 is 1.95 bits per heavy atom. The predicted octanol–water partition coefficient (Wildman–Crippen LogP) is 3.03. The molecule has 0 amide bonds. The molecular weight excluding hydrogens is 310 g/mol. The van der Waals surface area contributed by atoms with E-state index >= 15 is 0 Å². The van der Waals surface area contributed by atoms with Crippen molar-refractivity contribution in [3.63, 3.8) is 0 Å². The molecule has 1 aromatic rings. The number of benzene rings is 1.